The fraction of sp³-hybridized carbons (Fsp3) is 0.739. The lowest BCUT2D eigenvalue weighted by atomic mass is 9.96. The molecule has 1 aromatic rings. The normalized spacial score (nSPS) is 28.0. The number of imidazole rings is 1. The van der Waals surface area contributed by atoms with Gasteiger partial charge >= 0.3 is 19.8 Å². The van der Waals surface area contributed by atoms with Gasteiger partial charge in [0.1, 0.15) is 59.9 Å². The third-order valence-corrected chi connectivity index (χ3v) is 7.49. The molecule has 0 aromatic carbocycles. The SMILES string of the molecule is [B][C@H]1C[C@@H](OC(=O)CC(=O)OCCn2cc[n+](C)c2)[C@@H](COP(=O)(OCCC#N)O[C@@H]2C[C@H]([B])O[C@@H]2CC)O1. The van der Waals surface area contributed by atoms with Gasteiger partial charge in [0, 0.05) is 18.4 Å². The number of carbonyl (C=O) groups is 2. The van der Waals surface area contributed by atoms with Gasteiger partial charge in [-0.1, -0.05) is 6.92 Å². The van der Waals surface area contributed by atoms with Crippen LogP contribution in [0.25, 0.3) is 0 Å². The minimum atomic E-state index is -4.19. The fourth-order valence-electron chi connectivity index (χ4n) is 4.15. The molecule has 2 saturated heterocycles. The molecule has 1 aromatic heterocycles. The summed E-state index contributed by atoms with van der Waals surface area (Å²) >= 11 is 0. The van der Waals surface area contributed by atoms with Crippen molar-refractivity contribution in [2.75, 3.05) is 19.8 Å². The van der Waals surface area contributed by atoms with Gasteiger partial charge in [-0.3, -0.25) is 23.2 Å². The molecule has 13 nitrogen and oxygen atoms in total. The number of aryl methyl sites for hydroxylation is 1. The van der Waals surface area contributed by atoms with Crippen molar-refractivity contribution in [3.05, 3.63) is 18.7 Å². The number of esters is 2. The van der Waals surface area contributed by atoms with E-state index in [2.05, 4.69) is 0 Å². The van der Waals surface area contributed by atoms with E-state index in [1.165, 1.54) is 0 Å². The number of phosphoric acid groups is 1. The average Bonchev–Trinajstić information content (AvgIpc) is 3.55. The molecule has 0 N–H and O–H groups in total. The van der Waals surface area contributed by atoms with E-state index in [-0.39, 0.29) is 39.1 Å². The van der Waals surface area contributed by atoms with E-state index in [1.807, 2.05) is 47.9 Å². The first-order chi connectivity index (χ1) is 18.6. The van der Waals surface area contributed by atoms with Crippen LogP contribution in [-0.4, -0.2) is 88.4 Å². The van der Waals surface area contributed by atoms with Crippen LogP contribution >= 0.6 is 7.82 Å². The van der Waals surface area contributed by atoms with Crippen LogP contribution < -0.4 is 4.57 Å². The number of hydrogen-bond acceptors (Lipinski definition) is 11. The zero-order valence-electron chi connectivity index (χ0n) is 22.1. The third-order valence-electron chi connectivity index (χ3n) is 5.99. The molecule has 4 radical (unpaired) electrons. The van der Waals surface area contributed by atoms with Crippen LogP contribution in [0.4, 0.5) is 0 Å². The number of phosphoric ester groups is 1. The van der Waals surface area contributed by atoms with Crippen molar-refractivity contribution in [1.29, 1.82) is 5.26 Å². The summed E-state index contributed by atoms with van der Waals surface area (Å²) in [4.78, 5) is 24.4. The lowest BCUT2D eigenvalue weighted by Crippen LogP contribution is -2.32. The van der Waals surface area contributed by atoms with Gasteiger partial charge in [-0.2, -0.15) is 5.26 Å². The highest BCUT2D eigenvalue weighted by atomic mass is 31.2. The second kappa shape index (κ2) is 15.0. The number of aromatic nitrogens is 2. The van der Waals surface area contributed by atoms with Gasteiger partial charge in [-0.15, -0.1) is 0 Å². The summed E-state index contributed by atoms with van der Waals surface area (Å²) in [6, 6.07) is 0.522. The van der Waals surface area contributed by atoms with E-state index in [1.54, 1.807) is 0 Å². The molecule has 0 saturated carbocycles. The molecule has 2 aliphatic rings. The van der Waals surface area contributed by atoms with Gasteiger partial charge in [0.25, 0.3) is 0 Å². The van der Waals surface area contributed by atoms with Crippen LogP contribution in [-0.2, 0) is 60.3 Å². The summed E-state index contributed by atoms with van der Waals surface area (Å²) in [5.41, 5.74) is 0. The molecule has 3 heterocycles. The Morgan fingerprint density at radius 3 is 2.51 bits per heavy atom. The average molecular weight is 564 g/mol. The van der Waals surface area contributed by atoms with E-state index in [0.29, 0.717) is 13.0 Å². The minimum absolute atomic E-state index is 0.0419. The Bertz CT molecular complexity index is 1050. The quantitative estimate of drug-likeness (QED) is 0.0736. The maximum Gasteiger partial charge on any atom is 0.475 e. The minimum Gasteiger partial charge on any atom is -0.461 e. The van der Waals surface area contributed by atoms with Gasteiger partial charge in [0.2, 0.25) is 6.33 Å². The van der Waals surface area contributed by atoms with Crippen molar-refractivity contribution in [2.45, 2.75) is 82.0 Å². The first-order valence-corrected chi connectivity index (χ1v) is 14.2. The standard InChI is InChI=1S/C23H33B2N3O10P/c1-3-16-18(12-21(25)35-16)38-39(31,33-9-4-5-26)34-14-19-17(11-20(24)36-19)37-23(30)13-22(29)32-10-8-28-7-6-27(2)15-28/h6-7,15-21H,3-4,8-14H2,1-2H3/q+1/t16-,17-,18-,19-,20-,21-,39?/m1/s1. The summed E-state index contributed by atoms with van der Waals surface area (Å²) in [6.07, 6.45) is 2.97. The Hall–Kier alpha value is -2.20. The maximum absolute atomic E-state index is 13.4. The van der Waals surface area contributed by atoms with Crippen LogP contribution in [0.5, 0.6) is 0 Å². The summed E-state index contributed by atoms with van der Waals surface area (Å²) < 4.78 is 55.2. The van der Waals surface area contributed by atoms with Gasteiger partial charge < -0.3 is 18.9 Å². The van der Waals surface area contributed by atoms with Gasteiger partial charge in [0.05, 0.1) is 45.0 Å². The maximum atomic E-state index is 13.4. The molecule has 210 valence electrons. The van der Waals surface area contributed by atoms with Crippen LogP contribution in [0.1, 0.15) is 39.0 Å². The van der Waals surface area contributed by atoms with Gasteiger partial charge in [-0.25, -0.2) is 13.7 Å². The molecule has 2 aliphatic heterocycles. The third kappa shape index (κ3) is 10.0. The highest BCUT2D eigenvalue weighted by molar-refractivity contribution is 7.48. The number of carbonyl (C=O) groups excluding carboxylic acids is 2. The van der Waals surface area contributed by atoms with Crippen LogP contribution in [0, 0.1) is 11.3 Å². The van der Waals surface area contributed by atoms with E-state index >= 15 is 0 Å². The molecule has 1 unspecified atom stereocenters. The zero-order valence-corrected chi connectivity index (χ0v) is 23.0. The van der Waals surface area contributed by atoms with Crippen LogP contribution in [0.3, 0.4) is 0 Å². The highest BCUT2D eigenvalue weighted by Crippen LogP contribution is 2.53. The summed E-state index contributed by atoms with van der Waals surface area (Å²) in [6.45, 7) is 1.84. The Morgan fingerprint density at radius 1 is 1.13 bits per heavy atom. The van der Waals surface area contributed by atoms with Gasteiger partial charge in [-0.05, 0) is 12.8 Å². The lowest BCUT2D eigenvalue weighted by molar-refractivity contribution is -0.671. The second-order valence-corrected chi connectivity index (χ2v) is 10.8. The van der Waals surface area contributed by atoms with Crippen molar-refractivity contribution in [3.8, 4) is 6.07 Å². The molecule has 39 heavy (non-hydrogen) atoms. The smallest absolute Gasteiger partial charge is 0.461 e. The van der Waals surface area contributed by atoms with Gasteiger partial charge in [0.15, 0.2) is 0 Å². The Labute approximate surface area is 230 Å². The largest absolute Gasteiger partial charge is 0.475 e. The number of hydrogen-bond donors (Lipinski definition) is 0. The summed E-state index contributed by atoms with van der Waals surface area (Å²) in [5.74, 6) is -1.56. The Kier molecular flexibility index (Phi) is 12.0. The molecule has 2 fully saturated rings. The second-order valence-electron chi connectivity index (χ2n) is 9.18. The highest BCUT2D eigenvalue weighted by Gasteiger charge is 2.42. The molecule has 0 amide bonds. The van der Waals surface area contributed by atoms with E-state index in [9.17, 15) is 14.2 Å². The molecular weight excluding hydrogens is 531 g/mol. The van der Waals surface area contributed by atoms with E-state index in [4.69, 9.17) is 53.5 Å². The monoisotopic (exact) mass is 564 g/mol. The molecule has 7 atom stereocenters. The van der Waals surface area contributed by atoms with Crippen molar-refractivity contribution >= 4 is 35.5 Å². The van der Waals surface area contributed by atoms with Crippen molar-refractivity contribution < 1.29 is 51.2 Å². The van der Waals surface area contributed by atoms with E-state index < -0.39 is 62.6 Å². The number of ether oxygens (including phenoxy) is 4. The first kappa shape index (κ1) is 31.3. The molecule has 0 aliphatic carbocycles. The van der Waals surface area contributed by atoms with Crippen molar-refractivity contribution in [3.63, 3.8) is 0 Å². The first-order valence-electron chi connectivity index (χ1n) is 12.7. The van der Waals surface area contributed by atoms with E-state index in [0.717, 1.165) is 0 Å². The number of nitriles is 1. The number of nitrogens with zero attached hydrogens (tertiary/aromatic N) is 3. The topological polar surface area (TPSA) is 148 Å². The molecule has 16 heteroatoms. The van der Waals surface area contributed by atoms with Crippen molar-refractivity contribution in [2.24, 2.45) is 7.05 Å². The Balaban J connectivity index is 1.50. The zero-order chi connectivity index (χ0) is 28.4. The summed E-state index contributed by atoms with van der Waals surface area (Å²) in [7, 11) is 9.39. The molecule has 0 spiro atoms. The Morgan fingerprint density at radius 2 is 1.85 bits per heavy atom. The van der Waals surface area contributed by atoms with Crippen molar-refractivity contribution in [1.82, 2.24) is 4.57 Å². The molecule has 0 bridgehead atoms. The molecular formula is C23H33B2N3O10P+. The molecule has 3 rings (SSSR count). The fourth-order valence-corrected chi connectivity index (χ4v) is 5.54. The predicted octanol–water partition coefficient (Wildman–Crippen LogP) is 0.575. The van der Waals surface area contributed by atoms with Crippen LogP contribution in [0.15, 0.2) is 18.7 Å². The lowest BCUT2D eigenvalue weighted by Gasteiger charge is -2.26. The predicted molar refractivity (Wildman–Crippen MR) is 134 cm³/mol. The number of rotatable bonds is 15. The summed E-state index contributed by atoms with van der Waals surface area (Å²) in [5, 5.41) is 8.82. The van der Waals surface area contributed by atoms with Crippen LogP contribution in [0.2, 0.25) is 0 Å².